The van der Waals surface area contributed by atoms with Crippen LogP contribution in [0.5, 0.6) is 0 Å². The summed E-state index contributed by atoms with van der Waals surface area (Å²) in [5.41, 5.74) is 1.11. The van der Waals surface area contributed by atoms with Crippen LogP contribution in [0.15, 0.2) is 30.3 Å². The fourth-order valence-corrected chi connectivity index (χ4v) is 6.61. The highest BCUT2D eigenvalue weighted by molar-refractivity contribution is 8.77. The number of carbonyl (C=O) groups is 2. The summed E-state index contributed by atoms with van der Waals surface area (Å²) < 4.78 is 0. The lowest BCUT2D eigenvalue weighted by molar-refractivity contribution is -0.133. The first-order chi connectivity index (χ1) is 13.7. The zero-order chi connectivity index (χ0) is 19.6. The molecule has 1 unspecified atom stereocenters. The Bertz CT molecular complexity index is 615. The Hall–Kier alpha value is -1.18. The number of rotatable bonds is 9. The number of nitrogens with zero attached hydrogens (tertiary/aromatic N) is 2. The van der Waals surface area contributed by atoms with Crippen LogP contribution in [0.2, 0.25) is 0 Å². The van der Waals surface area contributed by atoms with E-state index in [1.807, 2.05) is 56.8 Å². The third kappa shape index (κ3) is 7.33. The third-order valence-corrected chi connectivity index (χ3v) is 8.33. The smallest absolute Gasteiger partial charge is 0.234 e. The summed E-state index contributed by atoms with van der Waals surface area (Å²) in [5.74, 6) is 1.61. The van der Waals surface area contributed by atoms with E-state index >= 15 is 0 Å². The SMILES string of the molecule is O=C(CN1CCN(C(=O)CCCCC2CCSS2)CC1)NCc1ccccc1. The molecule has 0 bridgehead atoms. The van der Waals surface area contributed by atoms with E-state index in [9.17, 15) is 9.59 Å². The zero-order valence-corrected chi connectivity index (χ0v) is 18.1. The van der Waals surface area contributed by atoms with Crippen LogP contribution in [0.25, 0.3) is 0 Å². The molecule has 5 nitrogen and oxygen atoms in total. The molecular weight excluding hydrogens is 390 g/mol. The molecule has 3 rings (SSSR count). The molecule has 1 aromatic rings. The highest BCUT2D eigenvalue weighted by atomic mass is 33.1. The fourth-order valence-electron chi connectivity index (χ4n) is 3.58. The van der Waals surface area contributed by atoms with Gasteiger partial charge in [0, 0.05) is 50.1 Å². The van der Waals surface area contributed by atoms with Gasteiger partial charge in [-0.05, 0) is 24.8 Å². The summed E-state index contributed by atoms with van der Waals surface area (Å²) in [7, 11) is 4.00. The van der Waals surface area contributed by atoms with Crippen molar-refractivity contribution < 1.29 is 9.59 Å². The van der Waals surface area contributed by atoms with E-state index in [-0.39, 0.29) is 11.8 Å². The number of amides is 2. The Kier molecular flexibility index (Phi) is 9.02. The van der Waals surface area contributed by atoms with Crippen molar-refractivity contribution in [2.45, 2.75) is 43.9 Å². The fraction of sp³-hybridized carbons (Fsp3) is 0.619. The van der Waals surface area contributed by atoms with Crippen molar-refractivity contribution in [1.29, 1.82) is 0 Å². The molecule has 0 spiro atoms. The molecule has 2 saturated heterocycles. The van der Waals surface area contributed by atoms with E-state index in [4.69, 9.17) is 0 Å². The number of unbranched alkanes of at least 4 members (excludes halogenated alkanes) is 1. The topological polar surface area (TPSA) is 52.7 Å². The van der Waals surface area contributed by atoms with Crippen LogP contribution in [0, 0.1) is 0 Å². The molecule has 0 radical (unpaired) electrons. The molecular formula is C21H31N3O2S2. The number of piperazine rings is 1. The lowest BCUT2D eigenvalue weighted by atomic mass is 10.1. The van der Waals surface area contributed by atoms with Crippen molar-refractivity contribution in [3.8, 4) is 0 Å². The second-order valence-electron chi connectivity index (χ2n) is 7.49. The van der Waals surface area contributed by atoms with Gasteiger partial charge in [0.15, 0.2) is 0 Å². The maximum atomic E-state index is 12.4. The van der Waals surface area contributed by atoms with E-state index in [0.717, 1.165) is 49.8 Å². The molecule has 7 heteroatoms. The van der Waals surface area contributed by atoms with Gasteiger partial charge in [0.1, 0.15) is 0 Å². The summed E-state index contributed by atoms with van der Waals surface area (Å²) in [5, 5.41) is 3.78. The Balaban J connectivity index is 1.26. The largest absolute Gasteiger partial charge is 0.351 e. The van der Waals surface area contributed by atoms with E-state index in [1.54, 1.807) is 0 Å². The first-order valence-electron chi connectivity index (χ1n) is 10.3. The van der Waals surface area contributed by atoms with Crippen LogP contribution >= 0.6 is 21.6 Å². The molecule has 1 aromatic carbocycles. The van der Waals surface area contributed by atoms with Crippen LogP contribution in [0.1, 0.15) is 37.7 Å². The van der Waals surface area contributed by atoms with Crippen molar-refractivity contribution in [2.75, 3.05) is 38.5 Å². The molecule has 154 valence electrons. The van der Waals surface area contributed by atoms with Gasteiger partial charge < -0.3 is 10.2 Å². The van der Waals surface area contributed by atoms with Crippen LogP contribution < -0.4 is 5.32 Å². The first-order valence-corrected chi connectivity index (χ1v) is 12.7. The minimum Gasteiger partial charge on any atom is -0.351 e. The van der Waals surface area contributed by atoms with Gasteiger partial charge in [0.25, 0.3) is 0 Å². The van der Waals surface area contributed by atoms with E-state index in [2.05, 4.69) is 10.2 Å². The molecule has 1 N–H and O–H groups in total. The van der Waals surface area contributed by atoms with Gasteiger partial charge in [-0.1, -0.05) is 58.3 Å². The first kappa shape index (κ1) is 21.5. The molecule has 0 aromatic heterocycles. The molecule has 0 aliphatic carbocycles. The van der Waals surface area contributed by atoms with E-state index < -0.39 is 0 Å². The van der Waals surface area contributed by atoms with Gasteiger partial charge in [0.2, 0.25) is 11.8 Å². The average molecular weight is 422 g/mol. The van der Waals surface area contributed by atoms with Crippen molar-refractivity contribution in [1.82, 2.24) is 15.1 Å². The molecule has 2 amide bonds. The standard InChI is InChI=1S/C21H31N3O2S2/c25-20(22-16-18-6-2-1-3-7-18)17-23-11-13-24(14-12-23)21(26)9-5-4-8-19-10-15-27-28-19/h1-3,6-7,19H,4-5,8-17H2,(H,22,25). The van der Waals surface area contributed by atoms with Crippen LogP contribution in [0.3, 0.4) is 0 Å². The Morgan fingerprint density at radius 2 is 1.86 bits per heavy atom. The molecule has 2 fully saturated rings. The molecule has 2 aliphatic heterocycles. The highest BCUT2D eigenvalue weighted by Crippen LogP contribution is 2.39. The predicted octanol–water partition coefficient (Wildman–Crippen LogP) is 3.16. The molecule has 2 aliphatic rings. The predicted molar refractivity (Wildman–Crippen MR) is 118 cm³/mol. The lowest BCUT2D eigenvalue weighted by Crippen LogP contribution is -2.51. The van der Waals surface area contributed by atoms with Gasteiger partial charge >= 0.3 is 0 Å². The van der Waals surface area contributed by atoms with Gasteiger partial charge in [0.05, 0.1) is 6.54 Å². The normalized spacial score (nSPS) is 20.3. The third-order valence-electron chi connectivity index (χ3n) is 5.32. The molecule has 1 atom stereocenters. The number of benzene rings is 1. The Morgan fingerprint density at radius 3 is 2.57 bits per heavy atom. The molecule has 0 saturated carbocycles. The number of carbonyl (C=O) groups excluding carboxylic acids is 2. The quantitative estimate of drug-likeness (QED) is 0.490. The summed E-state index contributed by atoms with van der Waals surface area (Å²) in [4.78, 5) is 28.7. The van der Waals surface area contributed by atoms with Gasteiger partial charge in [-0.2, -0.15) is 0 Å². The van der Waals surface area contributed by atoms with Crippen molar-refractivity contribution in [3.05, 3.63) is 35.9 Å². The number of nitrogens with one attached hydrogen (secondary N) is 1. The molecule has 2 heterocycles. The van der Waals surface area contributed by atoms with Crippen molar-refractivity contribution in [2.24, 2.45) is 0 Å². The number of hydrogen-bond donors (Lipinski definition) is 1. The second kappa shape index (κ2) is 11.7. The van der Waals surface area contributed by atoms with Crippen molar-refractivity contribution >= 4 is 33.4 Å². The average Bonchev–Trinajstić information content (AvgIpc) is 3.24. The minimum absolute atomic E-state index is 0.0478. The maximum Gasteiger partial charge on any atom is 0.234 e. The summed E-state index contributed by atoms with van der Waals surface area (Å²) >= 11 is 0. The zero-order valence-electron chi connectivity index (χ0n) is 16.5. The van der Waals surface area contributed by atoms with Gasteiger partial charge in [-0.3, -0.25) is 14.5 Å². The summed E-state index contributed by atoms with van der Waals surface area (Å²) in [6.45, 7) is 4.00. The van der Waals surface area contributed by atoms with Gasteiger partial charge in [-0.25, -0.2) is 0 Å². The minimum atomic E-state index is 0.0478. The Morgan fingerprint density at radius 1 is 1.07 bits per heavy atom. The second-order valence-corrected chi connectivity index (χ2v) is 10.3. The summed E-state index contributed by atoms with van der Waals surface area (Å²) in [6, 6.07) is 9.95. The van der Waals surface area contributed by atoms with Crippen LogP contribution in [-0.4, -0.2) is 65.3 Å². The number of hydrogen-bond acceptors (Lipinski definition) is 5. The monoisotopic (exact) mass is 421 g/mol. The summed E-state index contributed by atoms with van der Waals surface area (Å²) in [6.07, 6.45) is 5.40. The van der Waals surface area contributed by atoms with Gasteiger partial charge in [-0.15, -0.1) is 0 Å². The maximum absolute atomic E-state index is 12.4. The van der Waals surface area contributed by atoms with Crippen molar-refractivity contribution in [3.63, 3.8) is 0 Å². The van der Waals surface area contributed by atoms with E-state index in [0.29, 0.717) is 19.5 Å². The highest BCUT2D eigenvalue weighted by Gasteiger charge is 2.22. The lowest BCUT2D eigenvalue weighted by Gasteiger charge is -2.34. The van der Waals surface area contributed by atoms with E-state index in [1.165, 1.54) is 18.6 Å². The van der Waals surface area contributed by atoms with Crippen LogP contribution in [-0.2, 0) is 16.1 Å². The molecule has 28 heavy (non-hydrogen) atoms. The van der Waals surface area contributed by atoms with Crippen LogP contribution in [0.4, 0.5) is 0 Å². The Labute approximate surface area is 176 Å².